The number of hydrogen-bond acceptors (Lipinski definition) is 7. The average molecular weight is 458 g/mol. The minimum absolute atomic E-state index is 0.00155. The fraction of sp³-hybridized carbons (Fsp3) is 0. The highest BCUT2D eigenvalue weighted by Crippen LogP contribution is 2.37. The Morgan fingerprint density at radius 1 is 0.909 bits per heavy atom. The molecular weight excluding hydrogens is 444 g/mol. The molecule has 0 saturated heterocycles. The van der Waals surface area contributed by atoms with E-state index >= 15 is 0 Å². The number of nitro groups is 1. The van der Waals surface area contributed by atoms with Gasteiger partial charge in [-0.3, -0.25) is 19.5 Å². The summed E-state index contributed by atoms with van der Waals surface area (Å²) >= 11 is 0.865. The summed E-state index contributed by atoms with van der Waals surface area (Å²) in [4.78, 5) is 37.0. The summed E-state index contributed by atoms with van der Waals surface area (Å²) in [6.45, 7) is 0. The molecule has 33 heavy (non-hydrogen) atoms. The summed E-state index contributed by atoms with van der Waals surface area (Å²) in [7, 11) is 0. The van der Waals surface area contributed by atoms with E-state index < -0.39 is 21.9 Å². The van der Waals surface area contributed by atoms with Crippen molar-refractivity contribution in [1.82, 2.24) is 4.57 Å². The van der Waals surface area contributed by atoms with Crippen LogP contribution in [-0.4, -0.2) is 14.6 Å². The molecule has 0 aliphatic heterocycles. The maximum absolute atomic E-state index is 13.6. The van der Waals surface area contributed by atoms with Gasteiger partial charge in [0.15, 0.2) is 11.3 Å². The van der Waals surface area contributed by atoms with Gasteiger partial charge in [-0.1, -0.05) is 42.1 Å². The molecule has 0 unspecified atom stereocenters. The van der Waals surface area contributed by atoms with Gasteiger partial charge < -0.3 is 9.52 Å². The second-order valence-corrected chi connectivity index (χ2v) is 8.20. The van der Waals surface area contributed by atoms with E-state index in [-0.39, 0.29) is 21.6 Å². The molecule has 5 rings (SSSR count). The van der Waals surface area contributed by atoms with Gasteiger partial charge in [-0.05, 0) is 36.4 Å². The molecule has 0 radical (unpaired) electrons. The number of pyridine rings is 1. The summed E-state index contributed by atoms with van der Waals surface area (Å²) < 4.78 is 6.99. The number of aromatic nitrogens is 1. The van der Waals surface area contributed by atoms with Gasteiger partial charge in [0, 0.05) is 28.1 Å². The highest BCUT2D eigenvalue weighted by atomic mass is 32.2. The molecule has 2 heterocycles. The lowest BCUT2D eigenvalue weighted by atomic mass is 10.1. The Morgan fingerprint density at radius 3 is 2.27 bits per heavy atom. The highest BCUT2D eigenvalue weighted by Gasteiger charge is 2.22. The third-order valence-corrected chi connectivity index (χ3v) is 6.22. The first-order valence-corrected chi connectivity index (χ1v) is 10.6. The molecule has 0 aliphatic carbocycles. The largest absolute Gasteiger partial charge is 0.505 e. The fourth-order valence-corrected chi connectivity index (χ4v) is 4.49. The van der Waals surface area contributed by atoms with Gasteiger partial charge in [-0.25, -0.2) is 4.79 Å². The van der Waals surface area contributed by atoms with Gasteiger partial charge in [-0.15, -0.1) is 0 Å². The predicted molar refractivity (Wildman–Crippen MR) is 124 cm³/mol. The van der Waals surface area contributed by atoms with Crippen LogP contribution in [0.1, 0.15) is 0 Å². The zero-order chi connectivity index (χ0) is 23.1. The van der Waals surface area contributed by atoms with E-state index in [1.807, 2.05) is 6.07 Å². The predicted octanol–water partition coefficient (Wildman–Crippen LogP) is 4.86. The summed E-state index contributed by atoms with van der Waals surface area (Å²) in [6.07, 6.45) is 0. The molecule has 9 heteroatoms. The van der Waals surface area contributed by atoms with Crippen LogP contribution in [-0.2, 0) is 0 Å². The minimum Gasteiger partial charge on any atom is -0.505 e. The van der Waals surface area contributed by atoms with Crippen molar-refractivity contribution in [3.63, 3.8) is 0 Å². The van der Waals surface area contributed by atoms with Crippen LogP contribution in [0, 0.1) is 10.1 Å². The number of para-hydroxylation sites is 2. The molecule has 0 amide bonds. The lowest BCUT2D eigenvalue weighted by Crippen LogP contribution is -2.20. The van der Waals surface area contributed by atoms with E-state index in [9.17, 15) is 24.8 Å². The standard InChI is InChI=1S/C24H14N2O6S/c27-20-19-21(32-24(29)22(20)33-16-12-10-15(11-13-16)26(30)31)17-8-4-5-9-18(17)25(23(19)28)14-6-2-1-3-7-14/h1-13,27H. The normalized spacial score (nSPS) is 11.2. The number of rotatable bonds is 4. The molecule has 1 N–H and O–H groups in total. The first kappa shape index (κ1) is 20.5. The number of hydrogen-bond donors (Lipinski definition) is 1. The Labute approximate surface area is 189 Å². The second-order valence-electron chi connectivity index (χ2n) is 7.12. The van der Waals surface area contributed by atoms with Crippen LogP contribution >= 0.6 is 11.8 Å². The van der Waals surface area contributed by atoms with Crippen molar-refractivity contribution in [1.29, 1.82) is 0 Å². The summed E-state index contributed by atoms with van der Waals surface area (Å²) in [5, 5.41) is 22.3. The Bertz CT molecular complexity index is 1660. The van der Waals surface area contributed by atoms with Gasteiger partial charge in [0.25, 0.3) is 11.2 Å². The molecule has 0 aliphatic rings. The molecule has 0 bridgehead atoms. The quantitative estimate of drug-likeness (QED) is 0.232. The van der Waals surface area contributed by atoms with E-state index in [1.165, 1.54) is 28.8 Å². The summed E-state index contributed by atoms with van der Waals surface area (Å²) in [5.41, 5.74) is -0.341. The van der Waals surface area contributed by atoms with E-state index in [0.29, 0.717) is 21.5 Å². The van der Waals surface area contributed by atoms with E-state index in [2.05, 4.69) is 0 Å². The summed E-state index contributed by atoms with van der Waals surface area (Å²) in [6, 6.07) is 21.4. The molecule has 0 spiro atoms. The number of nitrogens with zero attached hydrogens (tertiary/aromatic N) is 2. The Balaban J connectivity index is 1.79. The second kappa shape index (κ2) is 7.95. The molecular formula is C24H14N2O6S. The molecule has 0 fully saturated rings. The lowest BCUT2D eigenvalue weighted by molar-refractivity contribution is -0.384. The Hall–Kier alpha value is -4.37. The van der Waals surface area contributed by atoms with Crippen LogP contribution in [0.3, 0.4) is 0 Å². The van der Waals surface area contributed by atoms with Crippen molar-refractivity contribution >= 4 is 39.3 Å². The molecule has 162 valence electrons. The number of nitro benzene ring substituents is 1. The Morgan fingerprint density at radius 2 is 1.58 bits per heavy atom. The third kappa shape index (κ3) is 3.44. The van der Waals surface area contributed by atoms with Gasteiger partial charge in [0.1, 0.15) is 10.3 Å². The average Bonchev–Trinajstić information content (AvgIpc) is 2.82. The topological polar surface area (TPSA) is 116 Å². The van der Waals surface area contributed by atoms with Crippen molar-refractivity contribution in [3.8, 4) is 11.4 Å². The number of benzene rings is 3. The molecule has 5 aromatic rings. The van der Waals surface area contributed by atoms with Crippen LogP contribution in [0.2, 0.25) is 0 Å². The fourth-order valence-electron chi connectivity index (χ4n) is 3.65. The van der Waals surface area contributed by atoms with Gasteiger partial charge >= 0.3 is 5.63 Å². The SMILES string of the molecule is O=c1oc2c(c(O)c1Sc1ccc([N+](=O)[O-])cc1)c(=O)n(-c1ccccc1)c1ccccc21. The van der Waals surface area contributed by atoms with Crippen molar-refractivity contribution in [2.75, 3.05) is 0 Å². The smallest absolute Gasteiger partial charge is 0.354 e. The molecule has 2 aromatic heterocycles. The van der Waals surface area contributed by atoms with E-state index in [4.69, 9.17) is 4.42 Å². The van der Waals surface area contributed by atoms with Crippen molar-refractivity contribution in [3.05, 3.63) is 110 Å². The Kier molecular flexibility index (Phi) is 4.95. The zero-order valence-corrected chi connectivity index (χ0v) is 17.6. The van der Waals surface area contributed by atoms with E-state index in [1.54, 1.807) is 48.5 Å². The summed E-state index contributed by atoms with van der Waals surface area (Å²) in [5.74, 6) is -0.495. The minimum atomic E-state index is -0.814. The van der Waals surface area contributed by atoms with Gasteiger partial charge in [-0.2, -0.15) is 0 Å². The monoisotopic (exact) mass is 458 g/mol. The first-order valence-electron chi connectivity index (χ1n) is 9.77. The molecule has 0 atom stereocenters. The molecule has 8 nitrogen and oxygen atoms in total. The van der Waals surface area contributed by atoms with Crippen LogP contribution in [0.5, 0.6) is 5.75 Å². The maximum atomic E-state index is 13.6. The highest BCUT2D eigenvalue weighted by molar-refractivity contribution is 7.99. The van der Waals surface area contributed by atoms with E-state index in [0.717, 1.165) is 11.8 Å². The van der Waals surface area contributed by atoms with Crippen molar-refractivity contribution in [2.45, 2.75) is 9.79 Å². The van der Waals surface area contributed by atoms with Crippen molar-refractivity contribution in [2.24, 2.45) is 0 Å². The third-order valence-electron chi connectivity index (χ3n) is 5.15. The maximum Gasteiger partial charge on any atom is 0.354 e. The number of fused-ring (bicyclic) bond motifs is 3. The number of non-ortho nitro benzene ring substituents is 1. The first-order chi connectivity index (χ1) is 16.0. The van der Waals surface area contributed by atoms with Gasteiger partial charge in [0.05, 0.1) is 10.4 Å². The van der Waals surface area contributed by atoms with Crippen molar-refractivity contribution < 1.29 is 14.4 Å². The van der Waals surface area contributed by atoms with Crippen LogP contribution < -0.4 is 11.2 Å². The van der Waals surface area contributed by atoms with Gasteiger partial charge in [0.2, 0.25) is 0 Å². The zero-order valence-electron chi connectivity index (χ0n) is 16.8. The number of aromatic hydroxyl groups is 1. The molecule has 0 saturated carbocycles. The van der Waals surface area contributed by atoms with Crippen LogP contribution in [0.4, 0.5) is 5.69 Å². The van der Waals surface area contributed by atoms with Crippen LogP contribution in [0.15, 0.2) is 103 Å². The lowest BCUT2D eigenvalue weighted by Gasteiger charge is -2.14. The van der Waals surface area contributed by atoms with Crippen LogP contribution in [0.25, 0.3) is 27.6 Å². The molecule has 3 aromatic carbocycles.